The molecule has 0 aliphatic heterocycles. The predicted molar refractivity (Wildman–Crippen MR) is 67.3 cm³/mol. The SMILES string of the molecule is O=C(Cn1cc(Cl)cn1)Nc1cccc(Cl)c1. The molecule has 0 bridgehead atoms. The van der Waals surface area contributed by atoms with E-state index in [1.807, 2.05) is 0 Å². The van der Waals surface area contributed by atoms with Crippen molar-refractivity contribution in [2.45, 2.75) is 6.54 Å². The Morgan fingerprint density at radius 2 is 2.18 bits per heavy atom. The summed E-state index contributed by atoms with van der Waals surface area (Å²) in [6.45, 7) is 0.110. The largest absolute Gasteiger partial charge is 0.324 e. The number of benzene rings is 1. The first-order chi connectivity index (χ1) is 8.13. The molecule has 17 heavy (non-hydrogen) atoms. The maximum atomic E-state index is 11.6. The first kappa shape index (κ1) is 12.0. The lowest BCUT2D eigenvalue weighted by Crippen LogP contribution is -2.18. The molecule has 0 aliphatic carbocycles. The first-order valence-corrected chi connectivity index (χ1v) is 5.62. The molecule has 0 saturated carbocycles. The van der Waals surface area contributed by atoms with E-state index in [2.05, 4.69) is 10.4 Å². The lowest BCUT2D eigenvalue weighted by molar-refractivity contribution is -0.116. The number of nitrogens with zero attached hydrogens (tertiary/aromatic N) is 2. The number of halogens is 2. The van der Waals surface area contributed by atoms with E-state index in [1.54, 1.807) is 30.5 Å². The van der Waals surface area contributed by atoms with E-state index >= 15 is 0 Å². The van der Waals surface area contributed by atoms with E-state index in [0.29, 0.717) is 15.7 Å². The van der Waals surface area contributed by atoms with E-state index in [1.165, 1.54) is 10.9 Å². The molecule has 0 fully saturated rings. The molecule has 0 spiro atoms. The summed E-state index contributed by atoms with van der Waals surface area (Å²) in [4.78, 5) is 11.6. The number of anilines is 1. The van der Waals surface area contributed by atoms with Crippen molar-refractivity contribution < 1.29 is 4.79 Å². The van der Waals surface area contributed by atoms with E-state index in [4.69, 9.17) is 23.2 Å². The molecule has 1 aromatic heterocycles. The lowest BCUT2D eigenvalue weighted by atomic mass is 10.3. The summed E-state index contributed by atoms with van der Waals surface area (Å²) in [5.41, 5.74) is 0.653. The van der Waals surface area contributed by atoms with Gasteiger partial charge in [0.25, 0.3) is 0 Å². The van der Waals surface area contributed by atoms with Crippen LogP contribution in [-0.4, -0.2) is 15.7 Å². The zero-order valence-electron chi connectivity index (χ0n) is 8.73. The van der Waals surface area contributed by atoms with Gasteiger partial charge in [0.1, 0.15) is 6.54 Å². The quantitative estimate of drug-likeness (QED) is 0.932. The number of nitrogens with one attached hydrogen (secondary N) is 1. The van der Waals surface area contributed by atoms with Crippen molar-refractivity contribution in [3.8, 4) is 0 Å². The Hall–Kier alpha value is -1.52. The Labute approximate surface area is 108 Å². The minimum atomic E-state index is -0.188. The highest BCUT2D eigenvalue weighted by Gasteiger charge is 2.04. The molecule has 2 rings (SSSR count). The molecule has 0 saturated heterocycles. The van der Waals surface area contributed by atoms with Crippen molar-refractivity contribution in [2.24, 2.45) is 0 Å². The second-order valence-corrected chi connectivity index (χ2v) is 4.29. The molecule has 1 amide bonds. The average molecular weight is 270 g/mol. The van der Waals surface area contributed by atoms with Gasteiger partial charge in [-0.1, -0.05) is 29.3 Å². The number of rotatable bonds is 3. The van der Waals surface area contributed by atoms with Gasteiger partial charge >= 0.3 is 0 Å². The predicted octanol–water partition coefficient (Wildman–Crippen LogP) is 2.83. The minimum absolute atomic E-state index is 0.110. The molecule has 0 aliphatic rings. The highest BCUT2D eigenvalue weighted by Crippen LogP contribution is 2.14. The smallest absolute Gasteiger partial charge is 0.246 e. The summed E-state index contributed by atoms with van der Waals surface area (Å²) in [6.07, 6.45) is 3.06. The highest BCUT2D eigenvalue weighted by molar-refractivity contribution is 6.31. The van der Waals surface area contributed by atoms with Crippen LogP contribution in [0.3, 0.4) is 0 Å². The van der Waals surface area contributed by atoms with Gasteiger partial charge in [-0.25, -0.2) is 0 Å². The van der Waals surface area contributed by atoms with Crippen LogP contribution in [0.15, 0.2) is 36.7 Å². The van der Waals surface area contributed by atoms with E-state index in [0.717, 1.165) is 0 Å². The summed E-state index contributed by atoms with van der Waals surface area (Å²) in [7, 11) is 0. The maximum Gasteiger partial charge on any atom is 0.246 e. The molecule has 1 aromatic carbocycles. The van der Waals surface area contributed by atoms with E-state index in [-0.39, 0.29) is 12.5 Å². The van der Waals surface area contributed by atoms with Crippen LogP contribution in [0.4, 0.5) is 5.69 Å². The van der Waals surface area contributed by atoms with E-state index < -0.39 is 0 Å². The molecule has 88 valence electrons. The highest BCUT2D eigenvalue weighted by atomic mass is 35.5. The van der Waals surface area contributed by atoms with Gasteiger partial charge in [0, 0.05) is 16.9 Å². The van der Waals surface area contributed by atoms with Gasteiger partial charge in [-0.3, -0.25) is 9.48 Å². The van der Waals surface area contributed by atoms with Gasteiger partial charge in [0.15, 0.2) is 0 Å². The van der Waals surface area contributed by atoms with Crippen molar-refractivity contribution in [3.63, 3.8) is 0 Å². The topological polar surface area (TPSA) is 46.9 Å². The Balaban J connectivity index is 1.98. The third-order valence-electron chi connectivity index (χ3n) is 2.02. The normalized spacial score (nSPS) is 10.2. The molecule has 1 heterocycles. The van der Waals surface area contributed by atoms with Crippen LogP contribution in [0.1, 0.15) is 0 Å². The fourth-order valence-corrected chi connectivity index (χ4v) is 1.69. The average Bonchev–Trinajstić information content (AvgIpc) is 2.63. The number of amides is 1. The molecule has 1 N–H and O–H groups in total. The molecule has 6 heteroatoms. The zero-order valence-corrected chi connectivity index (χ0v) is 10.2. The fourth-order valence-electron chi connectivity index (χ4n) is 1.34. The maximum absolute atomic E-state index is 11.6. The fraction of sp³-hybridized carbons (Fsp3) is 0.0909. The van der Waals surface area contributed by atoms with Gasteiger partial charge in [-0.05, 0) is 18.2 Å². The second kappa shape index (κ2) is 5.21. The van der Waals surface area contributed by atoms with Crippen LogP contribution in [-0.2, 0) is 11.3 Å². The Morgan fingerprint density at radius 3 is 2.82 bits per heavy atom. The number of carbonyl (C=O) groups is 1. The molecule has 0 radical (unpaired) electrons. The van der Waals surface area contributed by atoms with Gasteiger partial charge in [0.05, 0.1) is 11.2 Å². The van der Waals surface area contributed by atoms with Crippen LogP contribution in [0.25, 0.3) is 0 Å². The lowest BCUT2D eigenvalue weighted by Gasteiger charge is -2.05. The van der Waals surface area contributed by atoms with Crippen LogP contribution in [0.2, 0.25) is 10.0 Å². The van der Waals surface area contributed by atoms with Crippen molar-refractivity contribution in [3.05, 3.63) is 46.7 Å². The molecular formula is C11H9Cl2N3O. The summed E-state index contributed by atoms with van der Waals surface area (Å²) in [5.74, 6) is -0.188. The Bertz CT molecular complexity index is 539. The number of hydrogen-bond acceptors (Lipinski definition) is 2. The summed E-state index contributed by atoms with van der Waals surface area (Å²) < 4.78 is 1.46. The summed E-state index contributed by atoms with van der Waals surface area (Å²) >= 11 is 11.5. The molecule has 4 nitrogen and oxygen atoms in total. The monoisotopic (exact) mass is 269 g/mol. The van der Waals surface area contributed by atoms with Crippen LogP contribution < -0.4 is 5.32 Å². The third kappa shape index (κ3) is 3.47. The first-order valence-electron chi connectivity index (χ1n) is 4.87. The zero-order chi connectivity index (χ0) is 12.3. The minimum Gasteiger partial charge on any atom is -0.324 e. The van der Waals surface area contributed by atoms with Crippen molar-refractivity contribution in [1.29, 1.82) is 0 Å². The summed E-state index contributed by atoms with van der Waals surface area (Å²) in [5, 5.41) is 7.70. The number of carbonyl (C=O) groups excluding carboxylic acids is 1. The second-order valence-electron chi connectivity index (χ2n) is 3.41. The number of aromatic nitrogens is 2. The van der Waals surface area contributed by atoms with Gasteiger partial charge in [-0.2, -0.15) is 5.10 Å². The molecule has 0 atom stereocenters. The van der Waals surface area contributed by atoms with Crippen molar-refractivity contribution in [2.75, 3.05) is 5.32 Å². The van der Waals surface area contributed by atoms with Crippen LogP contribution in [0, 0.1) is 0 Å². The van der Waals surface area contributed by atoms with Crippen molar-refractivity contribution >= 4 is 34.8 Å². The van der Waals surface area contributed by atoms with E-state index in [9.17, 15) is 4.79 Å². The standard InChI is InChI=1S/C11H9Cl2N3O/c12-8-2-1-3-10(4-8)15-11(17)7-16-6-9(13)5-14-16/h1-6H,7H2,(H,15,17). The van der Waals surface area contributed by atoms with Gasteiger partial charge in [-0.15, -0.1) is 0 Å². The molecular weight excluding hydrogens is 261 g/mol. The van der Waals surface area contributed by atoms with Crippen LogP contribution in [0.5, 0.6) is 0 Å². The van der Waals surface area contributed by atoms with Gasteiger partial charge in [0.2, 0.25) is 5.91 Å². The third-order valence-corrected chi connectivity index (χ3v) is 2.45. The van der Waals surface area contributed by atoms with Gasteiger partial charge < -0.3 is 5.32 Å². The number of hydrogen-bond donors (Lipinski definition) is 1. The molecule has 2 aromatic rings. The Kier molecular flexibility index (Phi) is 3.66. The summed E-state index contributed by atoms with van der Waals surface area (Å²) in [6, 6.07) is 6.95. The molecule has 0 unspecified atom stereocenters. The Morgan fingerprint density at radius 1 is 1.35 bits per heavy atom. The van der Waals surface area contributed by atoms with Crippen molar-refractivity contribution in [1.82, 2.24) is 9.78 Å². The van der Waals surface area contributed by atoms with Crippen LogP contribution >= 0.6 is 23.2 Å².